The lowest BCUT2D eigenvalue weighted by atomic mass is 9.96. The Bertz CT molecular complexity index is 1110. The molecule has 31 heavy (non-hydrogen) atoms. The zero-order chi connectivity index (χ0) is 22.2. The predicted octanol–water partition coefficient (Wildman–Crippen LogP) is 6.31. The number of alkyl halides is 3. The van der Waals surface area contributed by atoms with Crippen molar-refractivity contribution in [3.05, 3.63) is 58.3 Å². The molecule has 1 N–H and O–H groups in total. The van der Waals surface area contributed by atoms with E-state index in [-0.39, 0.29) is 18.5 Å². The van der Waals surface area contributed by atoms with Crippen molar-refractivity contribution in [2.24, 2.45) is 5.92 Å². The van der Waals surface area contributed by atoms with Crippen LogP contribution in [0.25, 0.3) is 11.0 Å². The first-order chi connectivity index (χ1) is 14.7. The van der Waals surface area contributed by atoms with Crippen molar-refractivity contribution in [2.45, 2.75) is 25.6 Å². The van der Waals surface area contributed by atoms with Crippen molar-refractivity contribution in [2.75, 3.05) is 18.4 Å². The molecule has 2 aromatic carbocycles. The maximum Gasteiger partial charge on any atom is 0.449 e. The number of benzene rings is 2. The van der Waals surface area contributed by atoms with Gasteiger partial charge in [-0.2, -0.15) is 13.2 Å². The number of carbonyl (C=O) groups is 1. The molecule has 5 nitrogen and oxygen atoms in total. The van der Waals surface area contributed by atoms with Gasteiger partial charge in [0.25, 0.3) is 0 Å². The zero-order valence-corrected chi connectivity index (χ0v) is 17.8. The van der Waals surface area contributed by atoms with Gasteiger partial charge in [0, 0.05) is 25.3 Å². The second-order valence-corrected chi connectivity index (χ2v) is 8.34. The van der Waals surface area contributed by atoms with Crippen LogP contribution in [0.4, 0.5) is 23.7 Å². The summed E-state index contributed by atoms with van der Waals surface area (Å²) in [5.74, 6) is -0.874. The molecule has 2 amide bonds. The SMILES string of the molecule is O=C(Nc1ccc(Cl)c(Cl)c1)N1CCC(Cn2c(C(F)(F)F)nc3ccccc32)CC1. The molecule has 3 aromatic rings. The molecular weight excluding hydrogens is 452 g/mol. The van der Waals surface area contributed by atoms with E-state index in [1.165, 1.54) is 4.57 Å². The van der Waals surface area contributed by atoms with Gasteiger partial charge < -0.3 is 14.8 Å². The quantitative estimate of drug-likeness (QED) is 0.487. The summed E-state index contributed by atoms with van der Waals surface area (Å²) in [7, 11) is 0. The van der Waals surface area contributed by atoms with E-state index in [2.05, 4.69) is 10.3 Å². The van der Waals surface area contributed by atoms with Crippen LogP contribution in [-0.2, 0) is 12.7 Å². The Hall–Kier alpha value is -2.45. The molecule has 0 spiro atoms. The van der Waals surface area contributed by atoms with E-state index in [9.17, 15) is 18.0 Å². The van der Waals surface area contributed by atoms with Gasteiger partial charge in [-0.3, -0.25) is 0 Å². The van der Waals surface area contributed by atoms with Gasteiger partial charge in [0.2, 0.25) is 5.82 Å². The standard InChI is InChI=1S/C21H19Cl2F3N4O/c22-15-6-5-14(11-16(15)23)27-20(31)29-9-7-13(8-10-29)12-30-18-4-2-1-3-17(18)28-19(30)21(24,25)26/h1-6,11,13H,7-10,12H2,(H,27,31). The number of fused-ring (bicyclic) bond motifs is 1. The summed E-state index contributed by atoms with van der Waals surface area (Å²) < 4.78 is 41.8. The Morgan fingerprint density at radius 2 is 1.81 bits per heavy atom. The molecule has 1 fully saturated rings. The topological polar surface area (TPSA) is 50.2 Å². The van der Waals surface area contributed by atoms with E-state index in [1.807, 2.05) is 0 Å². The fraction of sp³-hybridized carbons (Fsp3) is 0.333. The summed E-state index contributed by atoms with van der Waals surface area (Å²) in [6.07, 6.45) is -3.34. The minimum absolute atomic E-state index is 0.00716. The van der Waals surface area contributed by atoms with Crippen LogP contribution >= 0.6 is 23.2 Å². The lowest BCUT2D eigenvalue weighted by Crippen LogP contribution is -2.41. The van der Waals surface area contributed by atoms with Crippen molar-refractivity contribution in [3.8, 4) is 0 Å². The van der Waals surface area contributed by atoms with E-state index < -0.39 is 12.0 Å². The van der Waals surface area contributed by atoms with Crippen LogP contribution in [0.3, 0.4) is 0 Å². The maximum atomic E-state index is 13.5. The summed E-state index contributed by atoms with van der Waals surface area (Å²) in [4.78, 5) is 18.0. The fourth-order valence-corrected chi connectivity index (χ4v) is 4.13. The summed E-state index contributed by atoms with van der Waals surface area (Å²) in [6.45, 7) is 1.11. The van der Waals surface area contributed by atoms with Gasteiger partial charge in [-0.25, -0.2) is 9.78 Å². The number of para-hydroxylation sites is 2. The van der Waals surface area contributed by atoms with Crippen LogP contribution < -0.4 is 5.32 Å². The molecule has 0 bridgehead atoms. The Labute approximate surface area is 186 Å². The average molecular weight is 471 g/mol. The number of halogens is 5. The minimum atomic E-state index is -4.53. The summed E-state index contributed by atoms with van der Waals surface area (Å²) in [6, 6.07) is 11.1. The van der Waals surface area contributed by atoms with E-state index >= 15 is 0 Å². The molecular formula is C21H19Cl2F3N4O. The fourth-order valence-electron chi connectivity index (χ4n) is 3.83. The smallest absolute Gasteiger partial charge is 0.325 e. The molecule has 0 aliphatic carbocycles. The predicted molar refractivity (Wildman–Crippen MR) is 115 cm³/mol. The molecule has 2 heterocycles. The van der Waals surface area contributed by atoms with Gasteiger partial charge in [-0.15, -0.1) is 0 Å². The molecule has 1 aliphatic rings. The normalized spacial score (nSPS) is 15.5. The number of imidazole rings is 1. The number of anilines is 1. The molecule has 1 aromatic heterocycles. The third-order valence-corrected chi connectivity index (χ3v) is 6.16. The lowest BCUT2D eigenvalue weighted by Gasteiger charge is -2.32. The Morgan fingerprint density at radius 1 is 1.10 bits per heavy atom. The van der Waals surface area contributed by atoms with Gasteiger partial charge in [-0.1, -0.05) is 35.3 Å². The van der Waals surface area contributed by atoms with Crippen molar-refractivity contribution in [1.82, 2.24) is 14.5 Å². The van der Waals surface area contributed by atoms with Crippen molar-refractivity contribution >= 4 is 46.0 Å². The summed E-state index contributed by atoms with van der Waals surface area (Å²) >= 11 is 11.9. The van der Waals surface area contributed by atoms with Gasteiger partial charge in [-0.05, 0) is 49.1 Å². The second-order valence-electron chi connectivity index (χ2n) is 7.52. The molecule has 0 atom stereocenters. The number of piperidine rings is 1. The Kier molecular flexibility index (Phi) is 6.03. The summed E-state index contributed by atoms with van der Waals surface area (Å²) in [5.41, 5.74) is 1.32. The van der Waals surface area contributed by atoms with E-state index in [4.69, 9.17) is 23.2 Å². The average Bonchev–Trinajstić information content (AvgIpc) is 3.10. The number of urea groups is 1. The number of nitrogens with zero attached hydrogens (tertiary/aromatic N) is 3. The number of aromatic nitrogens is 2. The number of rotatable bonds is 3. The largest absolute Gasteiger partial charge is 0.449 e. The Morgan fingerprint density at radius 3 is 2.48 bits per heavy atom. The minimum Gasteiger partial charge on any atom is -0.325 e. The first-order valence-electron chi connectivity index (χ1n) is 9.76. The van der Waals surface area contributed by atoms with E-state index in [0.29, 0.717) is 52.7 Å². The first kappa shape index (κ1) is 21.8. The second kappa shape index (κ2) is 8.59. The molecule has 1 aliphatic heterocycles. The number of nitrogens with one attached hydrogen (secondary N) is 1. The first-order valence-corrected chi connectivity index (χ1v) is 10.5. The number of hydrogen-bond acceptors (Lipinski definition) is 2. The van der Waals surface area contributed by atoms with Crippen LogP contribution in [0.5, 0.6) is 0 Å². The Balaban J connectivity index is 1.42. The highest BCUT2D eigenvalue weighted by Crippen LogP contribution is 2.33. The highest BCUT2D eigenvalue weighted by Gasteiger charge is 2.38. The highest BCUT2D eigenvalue weighted by molar-refractivity contribution is 6.42. The number of amides is 2. The maximum absolute atomic E-state index is 13.5. The van der Waals surface area contributed by atoms with Crippen LogP contribution in [-0.4, -0.2) is 33.6 Å². The van der Waals surface area contributed by atoms with E-state index in [0.717, 1.165) is 0 Å². The molecule has 1 saturated heterocycles. The molecule has 10 heteroatoms. The van der Waals surface area contributed by atoms with E-state index in [1.54, 1.807) is 47.4 Å². The molecule has 0 saturated carbocycles. The van der Waals surface area contributed by atoms with Gasteiger partial charge >= 0.3 is 12.2 Å². The molecule has 164 valence electrons. The zero-order valence-electron chi connectivity index (χ0n) is 16.3. The van der Waals surface area contributed by atoms with Gasteiger partial charge in [0.1, 0.15) is 0 Å². The van der Waals surface area contributed by atoms with Crippen LogP contribution in [0, 0.1) is 5.92 Å². The van der Waals surface area contributed by atoms with Gasteiger partial charge in [0.15, 0.2) is 0 Å². The van der Waals surface area contributed by atoms with Crippen molar-refractivity contribution in [1.29, 1.82) is 0 Å². The van der Waals surface area contributed by atoms with Crippen LogP contribution in [0.1, 0.15) is 18.7 Å². The van der Waals surface area contributed by atoms with Crippen LogP contribution in [0.2, 0.25) is 10.0 Å². The lowest BCUT2D eigenvalue weighted by molar-refractivity contribution is -0.147. The van der Waals surface area contributed by atoms with Crippen molar-refractivity contribution in [3.63, 3.8) is 0 Å². The molecule has 4 rings (SSSR count). The number of carbonyl (C=O) groups excluding carboxylic acids is 1. The van der Waals surface area contributed by atoms with Gasteiger partial charge in [0.05, 0.1) is 21.1 Å². The monoisotopic (exact) mass is 470 g/mol. The third kappa shape index (κ3) is 4.75. The summed E-state index contributed by atoms with van der Waals surface area (Å²) in [5, 5.41) is 3.51. The third-order valence-electron chi connectivity index (χ3n) is 5.42. The number of likely N-dealkylation sites (tertiary alicyclic amines) is 1. The van der Waals surface area contributed by atoms with Crippen molar-refractivity contribution < 1.29 is 18.0 Å². The molecule has 0 unspecified atom stereocenters. The number of hydrogen-bond donors (Lipinski definition) is 1. The van der Waals surface area contributed by atoms with Crippen LogP contribution in [0.15, 0.2) is 42.5 Å². The molecule has 0 radical (unpaired) electrons. The highest BCUT2D eigenvalue weighted by atomic mass is 35.5.